The molecule has 1 heterocycles. The van der Waals surface area contributed by atoms with E-state index in [1.807, 2.05) is 0 Å². The molecule has 0 atom stereocenters. The lowest BCUT2D eigenvalue weighted by molar-refractivity contribution is -0.383. The summed E-state index contributed by atoms with van der Waals surface area (Å²) in [5.41, 5.74) is 0.392. The van der Waals surface area contributed by atoms with E-state index in [1.54, 1.807) is 13.1 Å². The number of aromatic hydroxyl groups is 1. The molecule has 5 nitrogen and oxygen atoms in total. The van der Waals surface area contributed by atoms with E-state index in [0.717, 1.165) is 0 Å². The average molecular weight is 271 g/mol. The van der Waals surface area contributed by atoms with E-state index < -0.39 is 4.92 Å². The fraction of sp³-hybridized carbons (Fsp3) is 0.111. The van der Waals surface area contributed by atoms with Gasteiger partial charge in [0.25, 0.3) is 5.69 Å². The molecule has 0 amide bonds. The first-order valence-electron chi connectivity index (χ1n) is 4.13. The monoisotopic (exact) mass is 270 g/mol. The Morgan fingerprint density at radius 2 is 2.13 bits per heavy atom. The van der Waals surface area contributed by atoms with Crippen molar-refractivity contribution in [3.8, 4) is 5.88 Å². The predicted molar refractivity (Wildman–Crippen MR) is 58.9 cm³/mol. The summed E-state index contributed by atoms with van der Waals surface area (Å²) in [7, 11) is 1.58. The minimum Gasteiger partial charge on any atom is -0.494 e. The smallest absolute Gasteiger partial charge is 0.294 e. The van der Waals surface area contributed by atoms with E-state index in [2.05, 4.69) is 15.9 Å². The third kappa shape index (κ3) is 1.46. The summed E-state index contributed by atoms with van der Waals surface area (Å²) < 4.78 is 2.01. The van der Waals surface area contributed by atoms with Crippen molar-refractivity contribution in [2.24, 2.45) is 7.05 Å². The first-order chi connectivity index (χ1) is 7.00. The van der Waals surface area contributed by atoms with Crippen LogP contribution in [0.1, 0.15) is 0 Å². The van der Waals surface area contributed by atoms with Gasteiger partial charge in [-0.05, 0) is 6.07 Å². The highest BCUT2D eigenvalue weighted by Crippen LogP contribution is 2.33. The van der Waals surface area contributed by atoms with E-state index >= 15 is 0 Å². The summed E-state index contributed by atoms with van der Waals surface area (Å²) in [5, 5.41) is 20.9. The second-order valence-electron chi connectivity index (χ2n) is 3.18. The molecule has 0 radical (unpaired) electrons. The molecule has 15 heavy (non-hydrogen) atoms. The zero-order chi connectivity index (χ0) is 11.2. The van der Waals surface area contributed by atoms with Crippen LogP contribution in [0, 0.1) is 10.1 Å². The van der Waals surface area contributed by atoms with Gasteiger partial charge in [0.15, 0.2) is 5.88 Å². The Hall–Kier alpha value is -1.56. The average Bonchev–Trinajstić information content (AvgIpc) is 2.41. The first-order valence-corrected chi connectivity index (χ1v) is 4.92. The van der Waals surface area contributed by atoms with Crippen molar-refractivity contribution in [3.63, 3.8) is 0 Å². The Bertz CT molecular complexity index is 562. The summed E-state index contributed by atoms with van der Waals surface area (Å²) in [6.45, 7) is 0. The number of aromatic nitrogens is 1. The molecule has 0 saturated carbocycles. The van der Waals surface area contributed by atoms with Crippen molar-refractivity contribution in [1.82, 2.24) is 4.57 Å². The highest BCUT2D eigenvalue weighted by Gasteiger charge is 2.18. The molecule has 0 spiro atoms. The lowest BCUT2D eigenvalue weighted by atomic mass is 10.2. The van der Waals surface area contributed by atoms with Crippen LogP contribution < -0.4 is 0 Å². The van der Waals surface area contributed by atoms with Gasteiger partial charge in [-0.2, -0.15) is 0 Å². The van der Waals surface area contributed by atoms with E-state index in [-0.39, 0.29) is 11.6 Å². The molecule has 2 rings (SSSR count). The van der Waals surface area contributed by atoms with Crippen LogP contribution >= 0.6 is 15.9 Å². The molecular weight excluding hydrogens is 264 g/mol. The van der Waals surface area contributed by atoms with Gasteiger partial charge in [-0.25, -0.2) is 0 Å². The van der Waals surface area contributed by atoms with Gasteiger partial charge in [-0.1, -0.05) is 15.9 Å². The number of aryl methyl sites for hydroxylation is 1. The van der Waals surface area contributed by atoms with Gasteiger partial charge < -0.3 is 9.67 Å². The molecule has 1 N–H and O–H groups in total. The molecular formula is C9H7BrN2O3. The van der Waals surface area contributed by atoms with Crippen LogP contribution in [0.25, 0.3) is 10.9 Å². The Balaban J connectivity index is 2.94. The third-order valence-corrected chi connectivity index (χ3v) is 2.70. The van der Waals surface area contributed by atoms with Crippen molar-refractivity contribution in [1.29, 1.82) is 0 Å². The number of nitro groups is 1. The molecule has 0 aliphatic carbocycles. The maximum atomic E-state index is 10.8. The number of hydrogen-bond acceptors (Lipinski definition) is 3. The Labute approximate surface area is 93.2 Å². The van der Waals surface area contributed by atoms with Gasteiger partial charge in [0.05, 0.1) is 4.92 Å². The van der Waals surface area contributed by atoms with Crippen molar-refractivity contribution < 1.29 is 10.0 Å². The van der Waals surface area contributed by atoms with Gasteiger partial charge in [-0.15, -0.1) is 0 Å². The highest BCUT2D eigenvalue weighted by molar-refractivity contribution is 9.10. The molecule has 1 aromatic carbocycles. The fourth-order valence-electron chi connectivity index (χ4n) is 1.57. The Kier molecular flexibility index (Phi) is 2.15. The summed E-state index contributed by atoms with van der Waals surface area (Å²) in [6.07, 6.45) is 0. The molecule has 0 bridgehead atoms. The highest BCUT2D eigenvalue weighted by atomic mass is 79.9. The van der Waals surface area contributed by atoms with Crippen LogP contribution in [0.5, 0.6) is 5.88 Å². The number of hydrogen-bond donors (Lipinski definition) is 1. The summed E-state index contributed by atoms with van der Waals surface area (Å²) in [4.78, 5) is 10.4. The normalized spacial score (nSPS) is 10.8. The van der Waals surface area contributed by atoms with E-state index in [4.69, 9.17) is 0 Å². The van der Waals surface area contributed by atoms with Crippen molar-refractivity contribution in [2.75, 3.05) is 0 Å². The molecule has 0 aliphatic heterocycles. The molecule has 6 heteroatoms. The van der Waals surface area contributed by atoms with Crippen LogP contribution in [0.15, 0.2) is 22.7 Å². The van der Waals surface area contributed by atoms with Gasteiger partial charge in [0.1, 0.15) is 5.52 Å². The minimum absolute atomic E-state index is 0.00574. The quantitative estimate of drug-likeness (QED) is 0.640. The maximum absolute atomic E-state index is 10.8. The van der Waals surface area contributed by atoms with Crippen LogP contribution in [0.3, 0.4) is 0 Å². The first kappa shape index (κ1) is 9.97. The van der Waals surface area contributed by atoms with E-state index in [0.29, 0.717) is 15.4 Å². The minimum atomic E-state index is -0.466. The van der Waals surface area contributed by atoms with Crippen molar-refractivity contribution in [2.45, 2.75) is 0 Å². The van der Waals surface area contributed by atoms with Gasteiger partial charge >= 0.3 is 0 Å². The molecule has 0 aliphatic rings. The second kappa shape index (κ2) is 3.23. The lowest BCUT2D eigenvalue weighted by Crippen LogP contribution is -1.94. The largest absolute Gasteiger partial charge is 0.494 e. The van der Waals surface area contributed by atoms with Crippen molar-refractivity contribution >= 4 is 32.5 Å². The number of rotatable bonds is 1. The topological polar surface area (TPSA) is 68.3 Å². The maximum Gasteiger partial charge on any atom is 0.294 e. The third-order valence-electron chi connectivity index (χ3n) is 2.24. The number of halogens is 1. The Morgan fingerprint density at radius 1 is 1.47 bits per heavy atom. The molecule has 2 aromatic rings. The molecule has 0 unspecified atom stereocenters. The standard InChI is InChI=1S/C9H7BrN2O3/c1-11-8(13)3-5-2-6(10)4-7(9(5)11)12(14)15/h2-4,13H,1H3. The summed E-state index contributed by atoms with van der Waals surface area (Å²) in [5.74, 6) is 0.00574. The zero-order valence-electron chi connectivity index (χ0n) is 7.77. The second-order valence-corrected chi connectivity index (χ2v) is 4.10. The number of fused-ring (bicyclic) bond motifs is 1. The van der Waals surface area contributed by atoms with Crippen LogP contribution in [-0.4, -0.2) is 14.6 Å². The Morgan fingerprint density at radius 3 is 2.73 bits per heavy atom. The summed E-state index contributed by atoms with van der Waals surface area (Å²) in [6, 6.07) is 4.64. The lowest BCUT2D eigenvalue weighted by Gasteiger charge is -1.99. The number of nitrogens with zero attached hydrogens (tertiary/aromatic N) is 2. The molecule has 0 fully saturated rings. The van der Waals surface area contributed by atoms with Crippen LogP contribution in [0.2, 0.25) is 0 Å². The number of nitro benzene ring substituents is 1. The predicted octanol–water partition coefficient (Wildman–Crippen LogP) is 2.55. The van der Waals surface area contributed by atoms with Crippen LogP contribution in [0.4, 0.5) is 5.69 Å². The number of benzene rings is 1. The van der Waals surface area contributed by atoms with Crippen LogP contribution in [-0.2, 0) is 7.05 Å². The molecule has 0 saturated heterocycles. The fourth-order valence-corrected chi connectivity index (χ4v) is 2.03. The molecule has 1 aromatic heterocycles. The van der Waals surface area contributed by atoms with Gasteiger partial charge in [-0.3, -0.25) is 10.1 Å². The van der Waals surface area contributed by atoms with E-state index in [9.17, 15) is 15.2 Å². The number of non-ortho nitro benzene ring substituents is 1. The van der Waals surface area contributed by atoms with Gasteiger partial charge in [0, 0.05) is 29.0 Å². The van der Waals surface area contributed by atoms with Crippen molar-refractivity contribution in [3.05, 3.63) is 32.8 Å². The zero-order valence-corrected chi connectivity index (χ0v) is 9.35. The SMILES string of the molecule is Cn1c(O)cc2cc(Br)cc([N+](=O)[O-])c21. The van der Waals surface area contributed by atoms with Gasteiger partial charge in [0.2, 0.25) is 0 Å². The van der Waals surface area contributed by atoms with E-state index in [1.165, 1.54) is 16.7 Å². The molecule has 78 valence electrons. The summed E-state index contributed by atoms with van der Waals surface area (Å²) >= 11 is 3.19.